The minimum absolute atomic E-state index is 0.0522. The largest absolute Gasteiger partial charge is 0.489 e. The maximum atomic E-state index is 13.4. The van der Waals surface area contributed by atoms with Crippen molar-refractivity contribution < 1.29 is 34.1 Å². The molecule has 2 saturated carbocycles. The minimum Gasteiger partial charge on any atom is -0.489 e. The lowest BCUT2D eigenvalue weighted by Crippen LogP contribution is -2.43. The van der Waals surface area contributed by atoms with Crippen LogP contribution in [0.4, 0.5) is 0 Å². The van der Waals surface area contributed by atoms with E-state index in [9.17, 15) is 24.3 Å². The first-order valence-electron chi connectivity index (χ1n) is 12.5. The lowest BCUT2D eigenvalue weighted by atomic mass is 9.73. The molecule has 0 saturated heterocycles. The van der Waals surface area contributed by atoms with Gasteiger partial charge in [0.1, 0.15) is 16.8 Å². The fourth-order valence-electron chi connectivity index (χ4n) is 6.06. The number of carboxylic acid groups (broad SMARTS) is 2. The molecular formula is C26H31Cl2NO7. The van der Waals surface area contributed by atoms with Gasteiger partial charge in [-0.3, -0.25) is 14.4 Å². The predicted octanol–water partition coefficient (Wildman–Crippen LogP) is 4.91. The van der Waals surface area contributed by atoms with Gasteiger partial charge >= 0.3 is 11.9 Å². The molecule has 1 amide bonds. The van der Waals surface area contributed by atoms with Gasteiger partial charge in [0, 0.05) is 23.3 Å². The molecule has 4 rings (SSSR count). The van der Waals surface area contributed by atoms with Crippen LogP contribution < -0.4 is 10.1 Å². The summed E-state index contributed by atoms with van der Waals surface area (Å²) in [6.45, 7) is 2.02. The molecule has 0 aliphatic heterocycles. The number of ether oxygens (including phenoxy) is 1. The number of carboxylic acids is 2. The number of halogens is 2. The van der Waals surface area contributed by atoms with E-state index in [4.69, 9.17) is 33.0 Å². The second-order valence-corrected chi connectivity index (χ2v) is 11.3. The number of benzene rings is 1. The van der Waals surface area contributed by atoms with Crippen LogP contribution in [0.1, 0.15) is 80.6 Å². The number of ketones is 1. The van der Waals surface area contributed by atoms with Crippen molar-refractivity contribution in [3.8, 4) is 5.75 Å². The zero-order chi connectivity index (χ0) is 26.2. The Morgan fingerprint density at radius 3 is 2.47 bits per heavy atom. The fraction of sp³-hybridized carbons (Fsp3) is 0.615. The van der Waals surface area contributed by atoms with Gasteiger partial charge < -0.3 is 20.3 Å². The molecule has 0 bridgehead atoms. The van der Waals surface area contributed by atoms with Crippen LogP contribution in [-0.2, 0) is 20.8 Å². The van der Waals surface area contributed by atoms with Gasteiger partial charge in [0.2, 0.25) is 5.91 Å². The van der Waals surface area contributed by atoms with Crippen LogP contribution in [0.5, 0.6) is 5.75 Å². The molecule has 1 unspecified atom stereocenters. The number of amides is 1. The maximum Gasteiger partial charge on any atom is 0.326 e. The van der Waals surface area contributed by atoms with E-state index < -0.39 is 35.2 Å². The van der Waals surface area contributed by atoms with Crippen molar-refractivity contribution in [3.63, 3.8) is 0 Å². The monoisotopic (exact) mass is 539 g/mol. The molecular weight excluding hydrogens is 509 g/mol. The minimum atomic E-state index is -1.27. The third kappa shape index (κ3) is 5.21. The average molecular weight is 540 g/mol. The van der Waals surface area contributed by atoms with Crippen molar-refractivity contribution in [1.29, 1.82) is 0 Å². The van der Waals surface area contributed by atoms with Gasteiger partial charge in [-0.1, -0.05) is 43.0 Å². The van der Waals surface area contributed by atoms with E-state index in [0.717, 1.165) is 31.2 Å². The molecule has 2 fully saturated rings. The van der Waals surface area contributed by atoms with E-state index >= 15 is 0 Å². The first kappa shape index (κ1) is 26.7. The van der Waals surface area contributed by atoms with Gasteiger partial charge in [-0.05, 0) is 62.5 Å². The highest BCUT2D eigenvalue weighted by Gasteiger charge is 2.49. The van der Waals surface area contributed by atoms with Gasteiger partial charge in [-0.2, -0.15) is 0 Å². The third-order valence-electron chi connectivity index (χ3n) is 8.13. The van der Waals surface area contributed by atoms with Crippen LogP contribution in [0.2, 0.25) is 10.0 Å². The molecule has 1 aromatic carbocycles. The molecule has 36 heavy (non-hydrogen) atoms. The molecule has 0 aromatic heterocycles. The number of hydrogen-bond donors (Lipinski definition) is 3. The van der Waals surface area contributed by atoms with E-state index in [1.807, 2.05) is 6.92 Å². The van der Waals surface area contributed by atoms with Crippen LogP contribution in [0.15, 0.2) is 6.07 Å². The number of nitrogens with one attached hydrogen (secondary N) is 1. The quantitative estimate of drug-likeness (QED) is 0.406. The maximum absolute atomic E-state index is 13.4. The summed E-state index contributed by atoms with van der Waals surface area (Å²) < 4.78 is 6.15. The summed E-state index contributed by atoms with van der Waals surface area (Å²) in [4.78, 5) is 48.2. The van der Waals surface area contributed by atoms with Crippen LogP contribution in [0, 0.1) is 17.3 Å². The number of hydrogen-bond acceptors (Lipinski definition) is 5. The molecule has 8 nitrogen and oxygen atoms in total. The topological polar surface area (TPSA) is 130 Å². The van der Waals surface area contributed by atoms with Crippen molar-refractivity contribution in [3.05, 3.63) is 27.2 Å². The highest BCUT2D eigenvalue weighted by molar-refractivity contribution is 6.45. The van der Waals surface area contributed by atoms with Gasteiger partial charge in [0.15, 0.2) is 5.78 Å². The molecule has 3 aliphatic rings. The number of carbonyl (C=O) groups excluding carboxylic acids is 2. The Balaban J connectivity index is 1.42. The zero-order valence-corrected chi connectivity index (χ0v) is 21.7. The molecule has 0 spiro atoms. The van der Waals surface area contributed by atoms with E-state index in [0.29, 0.717) is 42.9 Å². The Bertz CT molecular complexity index is 1080. The summed E-state index contributed by atoms with van der Waals surface area (Å²) in [5.41, 5.74) is 0.851. The molecule has 10 heteroatoms. The molecule has 4 atom stereocenters. The first-order valence-corrected chi connectivity index (χ1v) is 13.2. The van der Waals surface area contributed by atoms with Crippen molar-refractivity contribution in [1.82, 2.24) is 5.32 Å². The van der Waals surface area contributed by atoms with E-state index in [-0.39, 0.29) is 34.8 Å². The normalized spacial score (nSPS) is 26.6. The molecule has 3 N–H and O–H groups in total. The second kappa shape index (κ2) is 10.6. The summed E-state index contributed by atoms with van der Waals surface area (Å²) in [6, 6.07) is 0.548. The van der Waals surface area contributed by atoms with Crippen molar-refractivity contribution >= 4 is 46.8 Å². The number of rotatable bonds is 9. The fourth-order valence-corrected chi connectivity index (χ4v) is 6.55. The lowest BCUT2D eigenvalue weighted by molar-refractivity contribution is -0.143. The second-order valence-electron chi connectivity index (χ2n) is 10.5. The summed E-state index contributed by atoms with van der Waals surface area (Å²) in [7, 11) is 0. The van der Waals surface area contributed by atoms with Crippen molar-refractivity contribution in [2.45, 2.75) is 83.3 Å². The molecule has 0 heterocycles. The van der Waals surface area contributed by atoms with E-state index in [1.165, 1.54) is 0 Å². The van der Waals surface area contributed by atoms with Crippen molar-refractivity contribution in [2.75, 3.05) is 0 Å². The zero-order valence-electron chi connectivity index (χ0n) is 20.1. The number of carbonyl (C=O) groups is 4. The van der Waals surface area contributed by atoms with Crippen LogP contribution >= 0.6 is 23.2 Å². The Labute approximate surface area is 219 Å². The number of Topliss-reactive ketones (excluding diaryl/α,β-unsaturated/α-hetero) is 1. The molecule has 3 aliphatic carbocycles. The summed E-state index contributed by atoms with van der Waals surface area (Å²) in [5, 5.41) is 21.0. The highest BCUT2D eigenvalue weighted by Crippen LogP contribution is 2.52. The Hall–Kier alpha value is -2.32. The van der Waals surface area contributed by atoms with Gasteiger partial charge in [0.05, 0.1) is 11.1 Å². The smallest absolute Gasteiger partial charge is 0.326 e. The van der Waals surface area contributed by atoms with E-state index in [1.54, 1.807) is 6.07 Å². The third-order valence-corrected chi connectivity index (χ3v) is 8.97. The molecule has 1 aromatic rings. The molecule has 196 valence electrons. The lowest BCUT2D eigenvalue weighted by Gasteiger charge is -2.29. The Morgan fingerprint density at radius 2 is 1.83 bits per heavy atom. The first-order chi connectivity index (χ1) is 17.0. The van der Waals surface area contributed by atoms with Crippen LogP contribution in [0.25, 0.3) is 0 Å². The average Bonchev–Trinajstić information content (AvgIpc) is 3.56. The van der Waals surface area contributed by atoms with Gasteiger partial charge in [-0.15, -0.1) is 0 Å². The Morgan fingerprint density at radius 1 is 1.14 bits per heavy atom. The predicted molar refractivity (Wildman–Crippen MR) is 133 cm³/mol. The molecule has 0 radical (unpaired) electrons. The van der Waals surface area contributed by atoms with Crippen LogP contribution in [-0.4, -0.2) is 46.0 Å². The standard InChI is InChI=1S/C26H31Cl2NO7/c1-26(15-4-2-3-5-15)12-14-11-18(21(27)22(28)20(14)23(26)32)36-16-7-6-13(10-16)24(33)29-17(25(34)35)8-9-19(30)31/h11,13,15-17H,2-10,12H2,1H3,(H,29,33)(H,30,31)(H,34,35)/t13-,16-,17-,26?/m0/s1. The Kier molecular flexibility index (Phi) is 7.86. The van der Waals surface area contributed by atoms with Crippen molar-refractivity contribution in [2.24, 2.45) is 17.3 Å². The van der Waals surface area contributed by atoms with Gasteiger partial charge in [0.25, 0.3) is 0 Å². The van der Waals surface area contributed by atoms with E-state index in [2.05, 4.69) is 5.32 Å². The number of aliphatic carboxylic acids is 2. The summed E-state index contributed by atoms with van der Waals surface area (Å²) in [5.74, 6) is -2.52. The number of fused-ring (bicyclic) bond motifs is 1. The highest BCUT2D eigenvalue weighted by atomic mass is 35.5. The summed E-state index contributed by atoms with van der Waals surface area (Å²) in [6.07, 6.45) is 5.50. The van der Waals surface area contributed by atoms with Gasteiger partial charge in [-0.25, -0.2) is 4.79 Å². The summed E-state index contributed by atoms with van der Waals surface area (Å²) >= 11 is 13.1. The SMILES string of the molecule is CC1(C2CCCC2)Cc2cc(O[C@H]3CC[C@H](C(=O)N[C@@H](CCC(=O)O)C(=O)O)C3)c(Cl)c(Cl)c2C1=O. The van der Waals surface area contributed by atoms with Crippen LogP contribution in [0.3, 0.4) is 0 Å².